The lowest BCUT2D eigenvalue weighted by molar-refractivity contribution is -0.332. The molecule has 0 heterocycles. The molecule has 0 N–H and O–H groups in total. The Balaban J connectivity index is 2.38. The average molecular weight is 220 g/mol. The van der Waals surface area contributed by atoms with Crippen molar-refractivity contribution >= 4 is 17.4 Å². The molecule has 3 heteroatoms. The van der Waals surface area contributed by atoms with Crippen molar-refractivity contribution in [1.29, 1.82) is 5.26 Å². The summed E-state index contributed by atoms with van der Waals surface area (Å²) >= 11 is 0. The SMILES string of the molecule is N#C[N+](=C=Nc1ccccc1)c1ccccc1. The Bertz CT molecular complexity index is 588. The molecule has 0 saturated heterocycles. The van der Waals surface area contributed by atoms with Crippen LogP contribution in [-0.2, 0) is 0 Å². The molecular weight excluding hydrogens is 210 g/mol. The molecule has 17 heavy (non-hydrogen) atoms. The Kier molecular flexibility index (Phi) is 3.44. The van der Waals surface area contributed by atoms with Crippen molar-refractivity contribution < 1.29 is 4.58 Å². The predicted octanol–water partition coefficient (Wildman–Crippen LogP) is 3.32. The number of hydrogen-bond donors (Lipinski definition) is 0. The first-order valence-electron chi connectivity index (χ1n) is 5.16. The zero-order valence-electron chi connectivity index (χ0n) is 9.12. The minimum Gasteiger partial charge on any atom is -0.102 e. The summed E-state index contributed by atoms with van der Waals surface area (Å²) in [4.78, 5) is 4.11. The predicted molar refractivity (Wildman–Crippen MR) is 65.5 cm³/mol. The first-order valence-corrected chi connectivity index (χ1v) is 5.16. The first-order chi connectivity index (χ1) is 8.40. The van der Waals surface area contributed by atoms with Gasteiger partial charge < -0.3 is 0 Å². The molecule has 2 aromatic rings. The van der Waals surface area contributed by atoms with Gasteiger partial charge in [-0.1, -0.05) is 41.4 Å². The highest BCUT2D eigenvalue weighted by Crippen LogP contribution is 2.10. The van der Waals surface area contributed by atoms with Crippen LogP contribution in [0, 0.1) is 11.5 Å². The monoisotopic (exact) mass is 220 g/mol. The van der Waals surface area contributed by atoms with Crippen molar-refractivity contribution in [3.8, 4) is 6.19 Å². The van der Waals surface area contributed by atoms with Crippen LogP contribution >= 0.6 is 0 Å². The normalized spacial score (nSPS) is 8.88. The van der Waals surface area contributed by atoms with Crippen LogP contribution < -0.4 is 0 Å². The number of para-hydroxylation sites is 2. The van der Waals surface area contributed by atoms with Gasteiger partial charge in [-0.3, -0.25) is 0 Å². The lowest BCUT2D eigenvalue weighted by atomic mass is 10.3. The Morgan fingerprint density at radius 3 is 2.06 bits per heavy atom. The van der Waals surface area contributed by atoms with Gasteiger partial charge in [0.2, 0.25) is 0 Å². The highest BCUT2D eigenvalue weighted by Gasteiger charge is 2.00. The van der Waals surface area contributed by atoms with Crippen molar-refractivity contribution in [3.63, 3.8) is 0 Å². The number of benzene rings is 2. The van der Waals surface area contributed by atoms with Crippen LogP contribution in [-0.4, -0.2) is 10.6 Å². The van der Waals surface area contributed by atoms with Gasteiger partial charge in [0, 0.05) is 5.26 Å². The molecule has 0 aromatic heterocycles. The second-order valence-corrected chi connectivity index (χ2v) is 3.32. The lowest BCUT2D eigenvalue weighted by Crippen LogP contribution is -1.93. The molecule has 0 aliphatic rings. The molecule has 0 amide bonds. The van der Waals surface area contributed by atoms with E-state index >= 15 is 0 Å². The van der Waals surface area contributed by atoms with Gasteiger partial charge in [0.15, 0.2) is 0 Å². The molecule has 0 aliphatic heterocycles. The molecule has 3 nitrogen and oxygen atoms in total. The fourth-order valence-electron chi connectivity index (χ4n) is 1.33. The molecule has 2 rings (SSSR count). The summed E-state index contributed by atoms with van der Waals surface area (Å²) in [6.45, 7) is 0. The summed E-state index contributed by atoms with van der Waals surface area (Å²) in [5.41, 5.74) is 1.51. The van der Waals surface area contributed by atoms with Gasteiger partial charge in [-0.25, -0.2) is 0 Å². The van der Waals surface area contributed by atoms with E-state index in [9.17, 15) is 0 Å². The van der Waals surface area contributed by atoms with Crippen molar-refractivity contribution in [1.82, 2.24) is 0 Å². The van der Waals surface area contributed by atoms with E-state index in [0.29, 0.717) is 0 Å². The average Bonchev–Trinajstić information content (AvgIpc) is 2.42. The maximum Gasteiger partial charge on any atom is 0.384 e. The van der Waals surface area contributed by atoms with E-state index in [4.69, 9.17) is 5.26 Å². The van der Waals surface area contributed by atoms with Crippen LogP contribution in [0.5, 0.6) is 0 Å². The van der Waals surface area contributed by atoms with Gasteiger partial charge >= 0.3 is 6.19 Å². The van der Waals surface area contributed by atoms with Crippen molar-refractivity contribution in [2.24, 2.45) is 4.99 Å². The number of hydrogen-bond acceptors (Lipinski definition) is 2. The second kappa shape index (κ2) is 5.41. The highest BCUT2D eigenvalue weighted by molar-refractivity contribution is 5.50. The zero-order valence-corrected chi connectivity index (χ0v) is 9.12. The fraction of sp³-hybridized carbons (Fsp3) is 0. The van der Waals surface area contributed by atoms with Gasteiger partial charge in [0.1, 0.15) is 11.4 Å². The van der Waals surface area contributed by atoms with Crippen molar-refractivity contribution in [2.75, 3.05) is 0 Å². The summed E-state index contributed by atoms with van der Waals surface area (Å²) in [6, 6.07) is 21.4. The van der Waals surface area contributed by atoms with E-state index in [1.165, 1.54) is 4.58 Å². The minimum atomic E-state index is 0.745. The number of aliphatic imine (C=N–C) groups is 1. The maximum absolute atomic E-state index is 9.01. The molecule has 0 spiro atoms. The Hall–Kier alpha value is -2.69. The van der Waals surface area contributed by atoms with Gasteiger partial charge in [-0.2, -0.15) is 0 Å². The summed E-state index contributed by atoms with van der Waals surface area (Å²) in [7, 11) is 0. The molecule has 2 aromatic carbocycles. The van der Waals surface area contributed by atoms with E-state index < -0.39 is 0 Å². The maximum atomic E-state index is 9.01. The van der Waals surface area contributed by atoms with Crippen LogP contribution in [0.2, 0.25) is 0 Å². The van der Waals surface area contributed by atoms with E-state index in [2.05, 4.69) is 11.0 Å². The standard InChI is InChI=1S/C14H10N3/c15-11-17(14-9-5-2-6-10-14)12-16-13-7-3-1-4-8-13/h1-10H/q+1. The third-order valence-electron chi connectivity index (χ3n) is 2.15. The molecule has 0 bridgehead atoms. The largest absolute Gasteiger partial charge is 0.384 e. The molecule has 0 unspecified atom stereocenters. The van der Waals surface area contributed by atoms with Crippen LogP contribution in [0.3, 0.4) is 0 Å². The number of rotatable bonds is 2. The van der Waals surface area contributed by atoms with Crippen LogP contribution in [0.1, 0.15) is 0 Å². The smallest absolute Gasteiger partial charge is 0.102 e. The quantitative estimate of drug-likeness (QED) is 0.331. The third-order valence-corrected chi connectivity index (χ3v) is 2.15. The summed E-state index contributed by atoms with van der Waals surface area (Å²) in [5.74, 6) is 0. The summed E-state index contributed by atoms with van der Waals surface area (Å²) in [5, 5.41) is 9.01. The van der Waals surface area contributed by atoms with Crippen LogP contribution in [0.4, 0.5) is 11.4 Å². The summed E-state index contributed by atoms with van der Waals surface area (Å²) in [6.07, 6.45) is 2.02. The fourth-order valence-corrected chi connectivity index (χ4v) is 1.33. The first kappa shape index (κ1) is 10.8. The molecular formula is C14H10N3+. The summed E-state index contributed by atoms with van der Waals surface area (Å²) < 4.78 is 1.30. The van der Waals surface area contributed by atoms with E-state index in [-0.39, 0.29) is 0 Å². The molecule has 0 atom stereocenters. The van der Waals surface area contributed by atoms with E-state index in [0.717, 1.165) is 11.4 Å². The van der Waals surface area contributed by atoms with Crippen LogP contribution in [0.15, 0.2) is 65.7 Å². The van der Waals surface area contributed by atoms with E-state index in [1.54, 1.807) is 0 Å². The third kappa shape index (κ3) is 2.88. The lowest BCUT2D eigenvalue weighted by Gasteiger charge is -1.90. The molecule has 0 saturated carbocycles. The minimum absolute atomic E-state index is 0.745. The highest BCUT2D eigenvalue weighted by atomic mass is 15.0. The molecule has 80 valence electrons. The topological polar surface area (TPSA) is 39.2 Å². The van der Waals surface area contributed by atoms with Gasteiger partial charge in [0.25, 0.3) is 6.01 Å². The number of nitriles is 1. The molecule has 0 radical (unpaired) electrons. The van der Waals surface area contributed by atoms with Gasteiger partial charge in [-0.15, -0.1) is 4.58 Å². The Morgan fingerprint density at radius 2 is 1.47 bits per heavy atom. The zero-order chi connectivity index (χ0) is 11.9. The van der Waals surface area contributed by atoms with Crippen molar-refractivity contribution in [2.45, 2.75) is 0 Å². The molecule has 0 aliphatic carbocycles. The van der Waals surface area contributed by atoms with Gasteiger partial charge in [-0.05, 0) is 24.3 Å². The Labute approximate surface area is 99.6 Å². The second-order valence-electron chi connectivity index (χ2n) is 3.32. The van der Waals surface area contributed by atoms with Gasteiger partial charge in [0.05, 0.1) is 0 Å². The Morgan fingerprint density at radius 1 is 0.882 bits per heavy atom. The number of nitrogens with zero attached hydrogens (tertiary/aromatic N) is 3. The molecule has 0 fully saturated rings. The van der Waals surface area contributed by atoms with Crippen molar-refractivity contribution in [3.05, 3.63) is 60.7 Å². The van der Waals surface area contributed by atoms with E-state index in [1.807, 2.05) is 66.9 Å². The van der Waals surface area contributed by atoms with Crippen LogP contribution in [0.25, 0.3) is 0 Å².